The number of hydrogen-bond acceptors (Lipinski definition) is 18. The van der Waals surface area contributed by atoms with Crippen molar-refractivity contribution in [2.75, 3.05) is 104 Å². The molecule has 85 heavy (non-hydrogen) atoms. The molecule has 0 bridgehead atoms. The van der Waals surface area contributed by atoms with Crippen LogP contribution in [0.5, 0.6) is 5.75 Å². The summed E-state index contributed by atoms with van der Waals surface area (Å²) >= 11 is 1.58. The molecule has 24 heteroatoms. The number of fused-ring (bicyclic) bond motifs is 4. The number of likely N-dealkylation sites (N-methyl/N-ethyl adjacent to an activating group) is 1. The van der Waals surface area contributed by atoms with Crippen molar-refractivity contribution in [1.82, 2.24) is 30.5 Å². The van der Waals surface area contributed by atoms with E-state index in [1.54, 1.807) is 31.3 Å². The van der Waals surface area contributed by atoms with Crippen molar-refractivity contribution in [1.29, 1.82) is 0 Å². The Hall–Kier alpha value is -4.93. The third-order valence-electron chi connectivity index (χ3n) is 18.9. The molecule has 5 aliphatic rings. The molecule has 21 nitrogen and oxygen atoms in total. The molecular formula is C61H90N10O11SSi2. The van der Waals surface area contributed by atoms with Crippen molar-refractivity contribution in [3.63, 3.8) is 0 Å². The lowest BCUT2D eigenvalue weighted by atomic mass is 9.47. The lowest BCUT2D eigenvalue weighted by Crippen LogP contribution is -2.81. The van der Waals surface area contributed by atoms with Crippen LogP contribution in [-0.4, -0.2) is 192 Å². The van der Waals surface area contributed by atoms with Crippen molar-refractivity contribution < 1.29 is 52.7 Å². The first-order valence-electron chi connectivity index (χ1n) is 30.3. The van der Waals surface area contributed by atoms with E-state index in [0.29, 0.717) is 134 Å². The minimum atomic E-state index is -2.30. The summed E-state index contributed by atoms with van der Waals surface area (Å²) in [6, 6.07) is 11.7. The number of β-amino-alcohol motifs (C(OH)–C–C–N with tert-alkyl or cyclic N) is 1. The van der Waals surface area contributed by atoms with Gasteiger partial charge in [0.1, 0.15) is 17.3 Å². The monoisotopic (exact) mass is 1230 g/mol. The number of hydrogen-bond donors (Lipinski definition) is 6. The molecular weight excluding hydrogens is 1140 g/mol. The Morgan fingerprint density at radius 1 is 0.953 bits per heavy atom. The predicted molar refractivity (Wildman–Crippen MR) is 333 cm³/mol. The van der Waals surface area contributed by atoms with E-state index in [1.165, 1.54) is 7.11 Å². The third kappa shape index (κ3) is 12.5. The number of aliphatic hydroxyl groups is 3. The molecule has 4 aromatic rings. The van der Waals surface area contributed by atoms with E-state index < -0.39 is 68.1 Å². The van der Waals surface area contributed by atoms with E-state index in [-0.39, 0.29) is 19.0 Å². The van der Waals surface area contributed by atoms with Crippen LogP contribution in [0.3, 0.4) is 0 Å². The Balaban J connectivity index is 0.935. The van der Waals surface area contributed by atoms with Crippen LogP contribution in [0.25, 0.3) is 21.3 Å². The molecule has 2 aromatic heterocycles. The second kappa shape index (κ2) is 26.8. The first kappa shape index (κ1) is 64.5. The van der Waals surface area contributed by atoms with E-state index in [0.717, 1.165) is 50.4 Å². The number of aromatic nitrogens is 3. The maximum absolute atomic E-state index is 15.4. The van der Waals surface area contributed by atoms with Gasteiger partial charge in [-0.15, -0.1) is 0 Å². The van der Waals surface area contributed by atoms with Crippen LogP contribution < -0.4 is 20.3 Å². The molecule has 1 amide bonds. The number of amides is 1. The number of ether oxygens (including phenoxy) is 5. The van der Waals surface area contributed by atoms with E-state index >= 15 is 9.59 Å². The van der Waals surface area contributed by atoms with Crippen molar-refractivity contribution in [2.24, 2.45) is 10.5 Å². The summed E-state index contributed by atoms with van der Waals surface area (Å²) in [6.45, 7) is 18.1. The number of thioether (sulfide) groups is 1. The van der Waals surface area contributed by atoms with E-state index in [1.807, 2.05) is 50.1 Å². The summed E-state index contributed by atoms with van der Waals surface area (Å²) in [5, 5.41) is 51.4. The number of azide groups is 1. The first-order chi connectivity index (χ1) is 40.7. The fourth-order valence-corrected chi connectivity index (χ4v) is 25.5. The van der Waals surface area contributed by atoms with Crippen LogP contribution in [0, 0.1) is 5.41 Å². The Labute approximate surface area is 506 Å². The van der Waals surface area contributed by atoms with Gasteiger partial charge in [-0.05, 0) is 125 Å². The largest absolute Gasteiger partial charge is 0.496 e. The van der Waals surface area contributed by atoms with Crippen molar-refractivity contribution in [3.05, 3.63) is 99.3 Å². The molecule has 1 spiro atoms. The van der Waals surface area contributed by atoms with Crippen LogP contribution in [0.1, 0.15) is 86.7 Å². The van der Waals surface area contributed by atoms with Gasteiger partial charge < -0.3 is 63.6 Å². The predicted octanol–water partition coefficient (Wildman–Crippen LogP) is 7.21. The van der Waals surface area contributed by atoms with Gasteiger partial charge >= 0.3 is 5.97 Å². The summed E-state index contributed by atoms with van der Waals surface area (Å²) in [6.07, 6.45) is 10.2. The van der Waals surface area contributed by atoms with Crippen molar-refractivity contribution >= 4 is 56.9 Å². The number of carbonyl (C=O) groups is 2. The van der Waals surface area contributed by atoms with Crippen LogP contribution in [-0.2, 0) is 56.5 Å². The summed E-state index contributed by atoms with van der Waals surface area (Å²) in [4.78, 5) is 50.9. The third-order valence-corrected chi connectivity index (χ3v) is 28.7. The summed E-state index contributed by atoms with van der Waals surface area (Å²) in [5.74, 6) is -0.629. The number of methoxy groups -OCH3 is 2. The molecule has 6 heterocycles. The van der Waals surface area contributed by atoms with Gasteiger partial charge in [-0.25, -0.2) is 9.97 Å². The number of H-pyrrole nitrogens is 1. The van der Waals surface area contributed by atoms with Gasteiger partial charge in [0.2, 0.25) is 0 Å². The standard InChI is InChI=1S/C61H90N10O11SSi2/c1-10-57(75)20-14-22-59(55(74)78-5,50-44(19-25-63-40-57)43-17-12-13-18-47(43)68-50)46-35-45-48(36-49(46)77-4)70(3)52-60(45)23-28-71-27-15-21-58(11-2,51(60)71)53(72)61(52,76)54(73)64-24-16-34-84(6,7)82-85(8,9)41-83-56-65-37-42(38-66-56)39-81-33-32-80-31-30-79-29-26-67-69-62/h12-13,15,17-18,21,35-38,51-53,63,68,72,75-76H,10-11,14,16,19-20,22-34,39-41H2,1-9H3,(H,64,73)/t51-,52+,53+,57-,58+,59-,60+,61-/m0/s1. The van der Waals surface area contributed by atoms with Crippen LogP contribution in [0.15, 0.2) is 71.2 Å². The van der Waals surface area contributed by atoms with Gasteiger partial charge in [-0.3, -0.25) is 14.5 Å². The van der Waals surface area contributed by atoms with Gasteiger partial charge in [0, 0.05) is 112 Å². The number of anilines is 1. The highest BCUT2D eigenvalue weighted by molar-refractivity contribution is 8.00. The van der Waals surface area contributed by atoms with Gasteiger partial charge in [0.15, 0.2) is 27.4 Å². The number of para-hydroxylation sites is 1. The highest BCUT2D eigenvalue weighted by Crippen LogP contribution is 2.67. The fourth-order valence-electron chi connectivity index (χ4n) is 15.1. The molecule has 0 radical (unpaired) electrons. The maximum Gasteiger partial charge on any atom is 0.322 e. The lowest BCUT2D eigenvalue weighted by Gasteiger charge is -2.63. The topological polar surface area (TPSA) is 271 Å². The number of benzene rings is 2. The van der Waals surface area contributed by atoms with E-state index in [2.05, 4.69) is 91.0 Å². The highest BCUT2D eigenvalue weighted by atomic mass is 32.2. The zero-order valence-corrected chi connectivity index (χ0v) is 54.0. The maximum atomic E-state index is 15.4. The Morgan fingerprint density at radius 2 is 1.69 bits per heavy atom. The summed E-state index contributed by atoms with van der Waals surface area (Å²) in [7, 11) is 0.428. The molecule has 1 aliphatic carbocycles. The number of nitrogens with zero attached hydrogens (tertiary/aromatic N) is 7. The molecule has 9 rings (SSSR count). The molecule has 2 fully saturated rings. The van der Waals surface area contributed by atoms with Crippen LogP contribution in [0.2, 0.25) is 32.2 Å². The smallest absolute Gasteiger partial charge is 0.322 e. The van der Waals surface area contributed by atoms with E-state index in [4.69, 9.17) is 33.3 Å². The van der Waals surface area contributed by atoms with Gasteiger partial charge in [-0.2, -0.15) is 0 Å². The minimum absolute atomic E-state index is 0.271. The summed E-state index contributed by atoms with van der Waals surface area (Å²) < 4.78 is 36.0. The number of aliphatic hydroxyl groups excluding tert-OH is 1. The Bertz CT molecular complexity index is 3080. The normalized spacial score (nSPS) is 27.5. The zero-order valence-electron chi connectivity index (χ0n) is 51.2. The second-order valence-electron chi connectivity index (χ2n) is 25.0. The quantitative estimate of drug-likeness (QED) is 0.00417. The number of nitrogens with one attached hydrogen (secondary N) is 3. The van der Waals surface area contributed by atoms with Crippen LogP contribution in [0.4, 0.5) is 5.69 Å². The molecule has 8 atom stereocenters. The van der Waals surface area contributed by atoms with Crippen LogP contribution >= 0.6 is 11.8 Å². The zero-order chi connectivity index (χ0) is 60.8. The number of esters is 1. The Kier molecular flexibility index (Phi) is 20.4. The molecule has 0 unspecified atom stereocenters. The van der Waals surface area contributed by atoms with Gasteiger partial charge in [-0.1, -0.05) is 61.1 Å². The number of rotatable bonds is 26. The lowest BCUT2D eigenvalue weighted by molar-refractivity contribution is -0.203. The molecule has 464 valence electrons. The van der Waals surface area contributed by atoms with Gasteiger partial charge in [0.05, 0.1) is 65.5 Å². The van der Waals surface area contributed by atoms with Crippen molar-refractivity contribution in [2.45, 2.75) is 149 Å². The first-order valence-corrected chi connectivity index (χ1v) is 37.5. The number of aromatic amines is 1. The van der Waals surface area contributed by atoms with Crippen molar-refractivity contribution in [3.8, 4) is 5.75 Å². The minimum Gasteiger partial charge on any atom is -0.496 e. The van der Waals surface area contributed by atoms with Gasteiger partial charge in [0.25, 0.3) is 5.91 Å². The summed E-state index contributed by atoms with van der Waals surface area (Å²) in [5.41, 5.74) is 7.33. The second-order valence-corrected chi connectivity index (χ2v) is 35.2. The molecule has 6 N–H and O–H groups in total. The molecule has 1 saturated carbocycles. The average molecular weight is 1230 g/mol. The highest BCUT2D eigenvalue weighted by Gasteiger charge is 2.78. The number of carbonyl (C=O) groups excluding carboxylic acids is 2. The van der Waals surface area contributed by atoms with E-state index in [9.17, 15) is 15.3 Å². The average Bonchev–Trinajstić information content (AvgIpc) is 1.53. The molecule has 2 aromatic carbocycles. The Morgan fingerprint density at radius 3 is 2.41 bits per heavy atom. The molecule has 4 aliphatic heterocycles. The SMILES string of the molecule is CC[C@]1(O)CCC[C@](C(=O)OC)(c2cc3c(cc2OC)N(C)[C@H]2[C@@](O)(C(=O)NCCC[Si](C)(C)O[Si](C)(C)CSc4ncc(COCCOCCOCCN=[N+]=[N-])cn4)[C@H](O)[C@]4(CC)C=CCN5CC[C@]32[C@@H]54)c2[nH]c3ccccc3c2CCNC1. The molecule has 1 saturated heterocycles. The fraction of sp³-hybridized carbons (Fsp3) is 0.639.